The maximum absolute atomic E-state index is 12.6. The van der Waals surface area contributed by atoms with Crippen LogP contribution in [0.4, 0.5) is 11.5 Å². The molecule has 1 aliphatic rings. The highest BCUT2D eigenvalue weighted by Crippen LogP contribution is 2.24. The number of rotatable bonds is 4. The summed E-state index contributed by atoms with van der Waals surface area (Å²) in [6.07, 6.45) is 8.44. The Morgan fingerprint density at radius 3 is 2.70 bits per heavy atom. The highest BCUT2D eigenvalue weighted by atomic mass is 79.9. The van der Waals surface area contributed by atoms with E-state index in [1.165, 1.54) is 0 Å². The third kappa shape index (κ3) is 4.16. The lowest BCUT2D eigenvalue weighted by Crippen LogP contribution is -2.38. The first-order valence-electron chi connectivity index (χ1n) is 8.81. The van der Waals surface area contributed by atoms with Gasteiger partial charge >= 0.3 is 0 Å². The molecule has 2 aromatic heterocycles. The van der Waals surface area contributed by atoms with Crippen LogP contribution >= 0.6 is 15.9 Å². The topological polar surface area (TPSA) is 75.9 Å². The Morgan fingerprint density at radius 1 is 1.15 bits per heavy atom. The number of benzene rings is 1. The van der Waals surface area contributed by atoms with E-state index in [2.05, 4.69) is 41.1 Å². The molecular formula is C19H19BrN6O. The first-order valence-corrected chi connectivity index (χ1v) is 9.60. The maximum Gasteiger partial charge on any atom is 0.227 e. The van der Waals surface area contributed by atoms with Crippen LogP contribution in [0.2, 0.25) is 0 Å². The molecule has 1 N–H and O–H groups in total. The zero-order valence-corrected chi connectivity index (χ0v) is 16.2. The molecule has 1 aliphatic heterocycles. The van der Waals surface area contributed by atoms with Crippen LogP contribution in [-0.2, 0) is 4.79 Å². The van der Waals surface area contributed by atoms with Gasteiger partial charge in [0.05, 0.1) is 0 Å². The van der Waals surface area contributed by atoms with Crippen molar-refractivity contribution in [3.05, 3.63) is 59.9 Å². The lowest BCUT2D eigenvalue weighted by Gasteiger charge is -2.32. The normalized spacial score (nSPS) is 14.9. The third-order valence-electron chi connectivity index (χ3n) is 4.69. The fraction of sp³-hybridized carbons (Fsp3) is 0.263. The average Bonchev–Trinajstić information content (AvgIpc) is 3.23. The Kier molecular flexibility index (Phi) is 5.15. The fourth-order valence-electron chi connectivity index (χ4n) is 3.23. The molecule has 0 bridgehead atoms. The number of nitrogens with zero attached hydrogens (tertiary/aromatic N) is 5. The van der Waals surface area contributed by atoms with Crippen LogP contribution in [0.1, 0.15) is 12.8 Å². The second-order valence-electron chi connectivity index (χ2n) is 6.47. The molecule has 1 saturated heterocycles. The second-order valence-corrected chi connectivity index (χ2v) is 7.38. The molecule has 8 heteroatoms. The van der Waals surface area contributed by atoms with Gasteiger partial charge in [0.15, 0.2) is 0 Å². The second kappa shape index (κ2) is 7.87. The van der Waals surface area contributed by atoms with E-state index in [0.29, 0.717) is 0 Å². The molecule has 0 aliphatic carbocycles. The molecular weight excluding hydrogens is 408 g/mol. The minimum atomic E-state index is 0.00943. The van der Waals surface area contributed by atoms with Crippen LogP contribution in [0.3, 0.4) is 0 Å². The molecule has 3 aromatic rings. The van der Waals surface area contributed by atoms with E-state index < -0.39 is 0 Å². The van der Waals surface area contributed by atoms with E-state index in [1.807, 2.05) is 41.1 Å². The fourth-order valence-corrected chi connectivity index (χ4v) is 3.63. The van der Waals surface area contributed by atoms with Crippen LogP contribution in [0.15, 0.2) is 59.9 Å². The summed E-state index contributed by atoms with van der Waals surface area (Å²) in [6, 6.07) is 9.61. The molecule has 0 spiro atoms. The number of imidazole rings is 1. The maximum atomic E-state index is 12.6. The van der Waals surface area contributed by atoms with Crippen LogP contribution in [0.5, 0.6) is 0 Å². The highest BCUT2D eigenvalue weighted by molar-refractivity contribution is 9.10. The van der Waals surface area contributed by atoms with Gasteiger partial charge in [-0.15, -0.1) is 0 Å². The number of anilines is 2. The number of hydrogen-bond donors (Lipinski definition) is 1. The van der Waals surface area contributed by atoms with Crippen molar-refractivity contribution in [2.24, 2.45) is 5.92 Å². The molecule has 1 fully saturated rings. The summed E-state index contributed by atoms with van der Waals surface area (Å²) in [5.41, 5.74) is 0.817. The summed E-state index contributed by atoms with van der Waals surface area (Å²) in [6.45, 7) is 1.58. The number of hydrogen-bond acceptors (Lipinski definition) is 5. The molecule has 4 rings (SSSR count). The lowest BCUT2D eigenvalue weighted by molar-refractivity contribution is -0.120. The molecule has 138 valence electrons. The van der Waals surface area contributed by atoms with Gasteiger partial charge in [-0.25, -0.2) is 15.0 Å². The Hall–Kier alpha value is -2.74. The predicted octanol–water partition coefficient (Wildman–Crippen LogP) is 3.28. The van der Waals surface area contributed by atoms with Gasteiger partial charge in [0.25, 0.3) is 0 Å². The summed E-state index contributed by atoms with van der Waals surface area (Å²) in [5.74, 6) is 1.75. The average molecular weight is 427 g/mol. The Balaban J connectivity index is 1.37. The molecule has 7 nitrogen and oxygen atoms in total. The monoisotopic (exact) mass is 426 g/mol. The van der Waals surface area contributed by atoms with Crippen LogP contribution in [-0.4, -0.2) is 38.5 Å². The molecule has 1 aromatic carbocycles. The molecule has 0 saturated carbocycles. The molecule has 1 amide bonds. The Bertz CT molecular complexity index is 921. The predicted molar refractivity (Wildman–Crippen MR) is 107 cm³/mol. The summed E-state index contributed by atoms with van der Waals surface area (Å²) in [4.78, 5) is 27.5. The van der Waals surface area contributed by atoms with Crippen LogP contribution < -0.4 is 10.2 Å². The standard InChI is InChI=1S/C19H19BrN6O/c20-15-2-1-3-16(10-15)24-19(27)14-4-7-25(8-5-14)17-11-18(23-12-22-17)26-9-6-21-13-26/h1-3,6,9-14H,4-5,7-8H2,(H,24,27). The summed E-state index contributed by atoms with van der Waals surface area (Å²) < 4.78 is 2.80. The van der Waals surface area contributed by atoms with E-state index in [1.54, 1.807) is 18.9 Å². The van der Waals surface area contributed by atoms with Gasteiger partial charge in [0, 0.05) is 47.6 Å². The van der Waals surface area contributed by atoms with Crippen molar-refractivity contribution in [1.29, 1.82) is 0 Å². The lowest BCUT2D eigenvalue weighted by atomic mass is 9.96. The Morgan fingerprint density at radius 2 is 1.96 bits per heavy atom. The van der Waals surface area contributed by atoms with Crippen molar-refractivity contribution >= 4 is 33.3 Å². The van der Waals surface area contributed by atoms with E-state index in [0.717, 1.165) is 47.7 Å². The van der Waals surface area contributed by atoms with Gasteiger partial charge in [-0.1, -0.05) is 22.0 Å². The van der Waals surface area contributed by atoms with E-state index in [9.17, 15) is 4.79 Å². The zero-order valence-electron chi connectivity index (χ0n) is 14.6. The van der Waals surface area contributed by atoms with Crippen molar-refractivity contribution in [2.75, 3.05) is 23.3 Å². The van der Waals surface area contributed by atoms with Crippen molar-refractivity contribution in [1.82, 2.24) is 19.5 Å². The van der Waals surface area contributed by atoms with Crippen LogP contribution in [0, 0.1) is 5.92 Å². The number of nitrogens with one attached hydrogen (secondary N) is 1. The summed E-state index contributed by atoms with van der Waals surface area (Å²) >= 11 is 3.43. The van der Waals surface area contributed by atoms with Gasteiger partial charge in [-0.05, 0) is 31.0 Å². The molecule has 3 heterocycles. The number of piperidine rings is 1. The van der Waals surface area contributed by atoms with Gasteiger partial charge in [-0.3, -0.25) is 9.36 Å². The van der Waals surface area contributed by atoms with Gasteiger partial charge in [-0.2, -0.15) is 0 Å². The summed E-state index contributed by atoms with van der Waals surface area (Å²) in [5, 5.41) is 3.01. The number of carbonyl (C=O) groups is 1. The summed E-state index contributed by atoms with van der Waals surface area (Å²) in [7, 11) is 0. The van der Waals surface area contributed by atoms with E-state index >= 15 is 0 Å². The van der Waals surface area contributed by atoms with Crippen molar-refractivity contribution in [2.45, 2.75) is 12.8 Å². The third-order valence-corrected chi connectivity index (χ3v) is 5.18. The molecule has 0 unspecified atom stereocenters. The van der Waals surface area contributed by atoms with E-state index in [4.69, 9.17) is 0 Å². The minimum absolute atomic E-state index is 0.00943. The zero-order chi connectivity index (χ0) is 18.6. The van der Waals surface area contributed by atoms with Crippen LogP contribution in [0.25, 0.3) is 5.82 Å². The van der Waals surface area contributed by atoms with Gasteiger partial charge in [0.2, 0.25) is 5.91 Å². The minimum Gasteiger partial charge on any atom is -0.356 e. The first-order chi connectivity index (χ1) is 13.2. The quantitative estimate of drug-likeness (QED) is 0.692. The van der Waals surface area contributed by atoms with Gasteiger partial charge in [0.1, 0.15) is 24.3 Å². The smallest absolute Gasteiger partial charge is 0.227 e. The van der Waals surface area contributed by atoms with Crippen molar-refractivity contribution < 1.29 is 4.79 Å². The number of amides is 1. The highest BCUT2D eigenvalue weighted by Gasteiger charge is 2.26. The number of aromatic nitrogens is 4. The number of carbonyl (C=O) groups excluding carboxylic acids is 1. The Labute approximate surface area is 165 Å². The van der Waals surface area contributed by atoms with E-state index in [-0.39, 0.29) is 11.8 Å². The largest absolute Gasteiger partial charge is 0.356 e. The number of halogens is 1. The molecule has 27 heavy (non-hydrogen) atoms. The first kappa shape index (κ1) is 17.7. The molecule has 0 atom stereocenters. The van der Waals surface area contributed by atoms with Crippen molar-refractivity contribution in [3.63, 3.8) is 0 Å². The van der Waals surface area contributed by atoms with Crippen molar-refractivity contribution in [3.8, 4) is 5.82 Å². The SMILES string of the molecule is O=C(Nc1cccc(Br)c1)C1CCN(c2cc(-n3ccnc3)ncn2)CC1. The molecule has 0 radical (unpaired) electrons. The van der Waals surface area contributed by atoms with Gasteiger partial charge < -0.3 is 10.2 Å².